The highest BCUT2D eigenvalue weighted by Gasteiger charge is 2.15. The first kappa shape index (κ1) is 9.73. The van der Waals surface area contributed by atoms with Crippen molar-refractivity contribution in [2.45, 2.75) is 0 Å². The largest absolute Gasteiger partial charge is 0.482 e. The van der Waals surface area contributed by atoms with Gasteiger partial charge in [-0.25, -0.2) is 0 Å². The lowest BCUT2D eigenvalue weighted by molar-refractivity contribution is -0.118. The number of carbonyl (C=O) groups excluding carboxylic acids is 1. The molecule has 0 aliphatic carbocycles. The van der Waals surface area contributed by atoms with Crippen LogP contribution in [0.4, 0.5) is 5.69 Å². The quantitative estimate of drug-likeness (QED) is 0.758. The summed E-state index contributed by atoms with van der Waals surface area (Å²) in [6.45, 7) is 0.0643. The Labute approximate surface area is 87.2 Å². The zero-order chi connectivity index (χ0) is 10.7. The van der Waals surface area contributed by atoms with E-state index in [4.69, 9.17) is 9.84 Å². The summed E-state index contributed by atoms with van der Waals surface area (Å²) in [5, 5.41) is 11.3. The Bertz CT molecular complexity index is 412. The first-order valence-corrected chi connectivity index (χ1v) is 4.63. The molecule has 1 amide bonds. The summed E-state index contributed by atoms with van der Waals surface area (Å²) in [5.74, 6) is 0.524. The van der Waals surface area contributed by atoms with Gasteiger partial charge in [0.15, 0.2) is 6.61 Å². The van der Waals surface area contributed by atoms with Gasteiger partial charge >= 0.3 is 0 Å². The van der Waals surface area contributed by atoms with E-state index < -0.39 is 0 Å². The molecule has 2 rings (SSSR count). The van der Waals surface area contributed by atoms with E-state index in [1.807, 2.05) is 12.1 Å². The van der Waals surface area contributed by atoms with Crippen molar-refractivity contribution in [2.75, 3.05) is 18.5 Å². The highest BCUT2D eigenvalue weighted by molar-refractivity contribution is 5.95. The second kappa shape index (κ2) is 4.14. The number of aliphatic hydroxyl groups is 1. The molecule has 0 saturated heterocycles. The zero-order valence-electron chi connectivity index (χ0n) is 8.06. The summed E-state index contributed by atoms with van der Waals surface area (Å²) in [6.07, 6.45) is 3.43. The van der Waals surface area contributed by atoms with E-state index in [1.165, 1.54) is 0 Å². The Kier molecular flexibility index (Phi) is 2.69. The summed E-state index contributed by atoms with van der Waals surface area (Å²) in [5.41, 5.74) is 1.62. The molecule has 1 heterocycles. The zero-order valence-corrected chi connectivity index (χ0v) is 8.06. The monoisotopic (exact) mass is 205 g/mol. The SMILES string of the molecule is O=C1COc2cc(C=CCO)ccc2N1. The smallest absolute Gasteiger partial charge is 0.262 e. The number of hydrogen-bond acceptors (Lipinski definition) is 3. The molecular weight excluding hydrogens is 194 g/mol. The van der Waals surface area contributed by atoms with Crippen LogP contribution in [0.25, 0.3) is 6.08 Å². The molecule has 1 aliphatic heterocycles. The van der Waals surface area contributed by atoms with Crippen LogP contribution in [0.3, 0.4) is 0 Å². The fraction of sp³-hybridized carbons (Fsp3) is 0.182. The van der Waals surface area contributed by atoms with Crippen LogP contribution in [0.2, 0.25) is 0 Å². The molecule has 0 aromatic heterocycles. The highest BCUT2D eigenvalue weighted by Crippen LogP contribution is 2.28. The molecule has 0 saturated carbocycles. The van der Waals surface area contributed by atoms with Crippen LogP contribution < -0.4 is 10.1 Å². The van der Waals surface area contributed by atoms with Gasteiger partial charge in [0.25, 0.3) is 5.91 Å². The molecule has 4 heteroatoms. The van der Waals surface area contributed by atoms with E-state index in [-0.39, 0.29) is 19.1 Å². The minimum atomic E-state index is -0.138. The van der Waals surface area contributed by atoms with E-state index >= 15 is 0 Å². The molecule has 1 aromatic carbocycles. The number of hydrogen-bond donors (Lipinski definition) is 2. The molecule has 0 atom stereocenters. The van der Waals surface area contributed by atoms with Crippen molar-refractivity contribution >= 4 is 17.7 Å². The number of benzene rings is 1. The molecule has 4 nitrogen and oxygen atoms in total. The van der Waals surface area contributed by atoms with Gasteiger partial charge in [0.1, 0.15) is 5.75 Å². The highest BCUT2D eigenvalue weighted by atomic mass is 16.5. The molecule has 2 N–H and O–H groups in total. The summed E-state index contributed by atoms with van der Waals surface area (Å²) >= 11 is 0. The van der Waals surface area contributed by atoms with Crippen molar-refractivity contribution in [1.29, 1.82) is 0 Å². The number of carbonyl (C=O) groups is 1. The lowest BCUT2D eigenvalue weighted by Gasteiger charge is -2.17. The summed E-state index contributed by atoms with van der Waals surface area (Å²) < 4.78 is 5.25. The molecule has 0 bridgehead atoms. The van der Waals surface area contributed by atoms with Gasteiger partial charge in [-0.05, 0) is 17.7 Å². The number of nitrogens with one attached hydrogen (secondary N) is 1. The van der Waals surface area contributed by atoms with E-state index in [9.17, 15) is 4.79 Å². The van der Waals surface area contributed by atoms with Crippen molar-refractivity contribution in [2.24, 2.45) is 0 Å². The first-order chi connectivity index (χ1) is 7.29. The Balaban J connectivity index is 2.26. The van der Waals surface area contributed by atoms with Crippen LogP contribution in [-0.4, -0.2) is 24.2 Å². The summed E-state index contributed by atoms with van der Waals surface area (Å²) in [7, 11) is 0. The van der Waals surface area contributed by atoms with Crippen LogP contribution in [0, 0.1) is 0 Å². The lowest BCUT2D eigenvalue weighted by Crippen LogP contribution is -2.25. The standard InChI is InChI=1S/C11H11NO3/c13-5-1-2-8-3-4-9-10(6-8)15-7-11(14)12-9/h1-4,6,13H,5,7H2,(H,12,14). The van der Waals surface area contributed by atoms with Gasteiger partial charge in [-0.1, -0.05) is 18.2 Å². The van der Waals surface area contributed by atoms with Crippen molar-refractivity contribution in [3.05, 3.63) is 29.8 Å². The predicted molar refractivity (Wildman–Crippen MR) is 56.7 cm³/mol. The van der Waals surface area contributed by atoms with Crippen molar-refractivity contribution < 1.29 is 14.6 Å². The number of anilines is 1. The third-order valence-electron chi connectivity index (χ3n) is 2.05. The molecule has 1 aromatic rings. The normalized spacial score (nSPS) is 14.6. The number of amides is 1. The van der Waals surface area contributed by atoms with Crippen LogP contribution in [0.15, 0.2) is 24.3 Å². The molecule has 0 unspecified atom stereocenters. The lowest BCUT2D eigenvalue weighted by atomic mass is 10.1. The third-order valence-corrected chi connectivity index (χ3v) is 2.05. The van der Waals surface area contributed by atoms with Crippen molar-refractivity contribution in [3.8, 4) is 5.75 Å². The van der Waals surface area contributed by atoms with Crippen molar-refractivity contribution in [3.63, 3.8) is 0 Å². The van der Waals surface area contributed by atoms with Gasteiger partial charge in [0.2, 0.25) is 0 Å². The van der Waals surface area contributed by atoms with Crippen molar-refractivity contribution in [1.82, 2.24) is 0 Å². The Hall–Kier alpha value is -1.81. The number of fused-ring (bicyclic) bond motifs is 1. The third kappa shape index (κ3) is 2.16. The predicted octanol–water partition coefficient (Wildman–Crippen LogP) is 1.02. The number of aliphatic hydroxyl groups excluding tert-OH is 1. The maximum atomic E-state index is 11.0. The first-order valence-electron chi connectivity index (χ1n) is 4.63. The second-order valence-corrected chi connectivity index (χ2v) is 3.18. The Morgan fingerprint density at radius 2 is 2.40 bits per heavy atom. The van der Waals surface area contributed by atoms with E-state index in [2.05, 4.69) is 5.32 Å². The molecule has 0 fully saturated rings. The number of rotatable bonds is 2. The molecular formula is C11H11NO3. The van der Waals surface area contributed by atoms with Gasteiger partial charge in [-0.3, -0.25) is 4.79 Å². The average molecular weight is 205 g/mol. The van der Waals surface area contributed by atoms with Crippen LogP contribution in [0.5, 0.6) is 5.75 Å². The summed E-state index contributed by atoms with van der Waals surface area (Å²) in [6, 6.07) is 5.45. The minimum absolute atomic E-state index is 0.00861. The Morgan fingerprint density at radius 1 is 1.53 bits per heavy atom. The fourth-order valence-corrected chi connectivity index (χ4v) is 1.38. The molecule has 0 radical (unpaired) electrons. The maximum Gasteiger partial charge on any atom is 0.262 e. The number of ether oxygens (including phenoxy) is 1. The van der Waals surface area contributed by atoms with Gasteiger partial charge in [-0.2, -0.15) is 0 Å². The topological polar surface area (TPSA) is 58.6 Å². The van der Waals surface area contributed by atoms with Crippen LogP contribution in [-0.2, 0) is 4.79 Å². The maximum absolute atomic E-state index is 11.0. The Morgan fingerprint density at radius 3 is 3.20 bits per heavy atom. The van der Waals surface area contributed by atoms with Gasteiger partial charge < -0.3 is 15.2 Å². The second-order valence-electron chi connectivity index (χ2n) is 3.18. The van der Waals surface area contributed by atoms with E-state index in [0.717, 1.165) is 5.56 Å². The van der Waals surface area contributed by atoms with Crippen LogP contribution in [0.1, 0.15) is 5.56 Å². The van der Waals surface area contributed by atoms with E-state index in [0.29, 0.717) is 11.4 Å². The van der Waals surface area contributed by atoms with Gasteiger partial charge in [-0.15, -0.1) is 0 Å². The fourth-order valence-electron chi connectivity index (χ4n) is 1.38. The average Bonchev–Trinajstić information content (AvgIpc) is 2.26. The molecule has 15 heavy (non-hydrogen) atoms. The molecule has 1 aliphatic rings. The minimum Gasteiger partial charge on any atom is -0.482 e. The van der Waals surface area contributed by atoms with Crippen LogP contribution >= 0.6 is 0 Å². The van der Waals surface area contributed by atoms with Gasteiger partial charge in [0, 0.05) is 0 Å². The summed E-state index contributed by atoms with van der Waals surface area (Å²) in [4.78, 5) is 11.0. The molecule has 0 spiro atoms. The van der Waals surface area contributed by atoms with E-state index in [1.54, 1.807) is 18.2 Å². The molecule has 78 valence electrons. The van der Waals surface area contributed by atoms with Gasteiger partial charge in [0.05, 0.1) is 12.3 Å².